The summed E-state index contributed by atoms with van der Waals surface area (Å²) < 4.78 is 12.2. The fourth-order valence-electron chi connectivity index (χ4n) is 2.92. The molecule has 10 nitrogen and oxygen atoms in total. The van der Waals surface area contributed by atoms with Crippen LogP contribution in [0.3, 0.4) is 0 Å². The highest BCUT2D eigenvalue weighted by Gasteiger charge is 2.20. The summed E-state index contributed by atoms with van der Waals surface area (Å²) >= 11 is 0. The largest absolute Gasteiger partial charge is 0.493 e. The molecule has 3 rings (SSSR count). The third kappa shape index (κ3) is 5.36. The molecule has 0 atom stereocenters. The van der Waals surface area contributed by atoms with E-state index in [1.54, 1.807) is 31.8 Å². The standard InChI is InChI=1S/C19H15N7O2.C4H8O/c1-27-15-4-3-11(7-16(15)28-2)5-6-26-18(23)12(8-20)17-19(26)25-14(10-22)13(9-21)24-17;1-3-4(2)5/h3-4,7H,5-6,23H2,1-2H3;3H2,1-2H3. The van der Waals surface area contributed by atoms with Gasteiger partial charge in [-0.2, -0.15) is 15.8 Å². The van der Waals surface area contributed by atoms with Crippen molar-refractivity contribution in [2.45, 2.75) is 33.2 Å². The van der Waals surface area contributed by atoms with Crippen LogP contribution >= 0.6 is 0 Å². The second kappa shape index (κ2) is 11.1. The third-order valence-corrected chi connectivity index (χ3v) is 4.81. The van der Waals surface area contributed by atoms with Crippen LogP contribution in [0.2, 0.25) is 0 Å². The lowest BCUT2D eigenvalue weighted by Crippen LogP contribution is -2.07. The fourth-order valence-corrected chi connectivity index (χ4v) is 2.92. The number of nitriles is 3. The van der Waals surface area contributed by atoms with Gasteiger partial charge in [-0.25, -0.2) is 9.97 Å². The SMILES string of the molecule is CCC(C)=O.COc1ccc(CCn2c(N)c(C#N)c3nc(C#N)c(C#N)nc32)cc1OC. The first-order valence-electron chi connectivity index (χ1n) is 9.95. The highest BCUT2D eigenvalue weighted by atomic mass is 16.5. The van der Waals surface area contributed by atoms with Gasteiger partial charge >= 0.3 is 0 Å². The summed E-state index contributed by atoms with van der Waals surface area (Å²) in [5.41, 5.74) is 7.48. The predicted molar refractivity (Wildman–Crippen MR) is 120 cm³/mol. The van der Waals surface area contributed by atoms with Gasteiger partial charge in [-0.3, -0.25) is 0 Å². The van der Waals surface area contributed by atoms with E-state index in [9.17, 15) is 15.3 Å². The second-order valence-electron chi connectivity index (χ2n) is 6.84. The van der Waals surface area contributed by atoms with E-state index < -0.39 is 0 Å². The average Bonchev–Trinajstić information content (AvgIpc) is 3.10. The van der Waals surface area contributed by atoms with Crippen molar-refractivity contribution in [3.05, 3.63) is 40.7 Å². The first-order valence-corrected chi connectivity index (χ1v) is 9.95. The first kappa shape index (κ1) is 24.6. The van der Waals surface area contributed by atoms with E-state index in [2.05, 4.69) is 9.97 Å². The Morgan fingerprint density at radius 1 is 1.06 bits per heavy atom. The molecule has 0 aliphatic rings. The van der Waals surface area contributed by atoms with Gasteiger partial charge in [-0.1, -0.05) is 13.0 Å². The number of hydrogen-bond donors (Lipinski definition) is 1. The van der Waals surface area contributed by atoms with Gasteiger partial charge in [0.15, 0.2) is 28.5 Å². The normalized spacial score (nSPS) is 9.73. The van der Waals surface area contributed by atoms with Crippen LogP contribution in [0.1, 0.15) is 42.8 Å². The van der Waals surface area contributed by atoms with Crippen LogP contribution in [0.15, 0.2) is 18.2 Å². The number of nitrogen functional groups attached to an aromatic ring is 1. The lowest BCUT2D eigenvalue weighted by Gasteiger charge is -2.11. The van der Waals surface area contributed by atoms with Gasteiger partial charge in [-0.15, -0.1) is 0 Å². The molecule has 1 aromatic carbocycles. The van der Waals surface area contributed by atoms with Crippen molar-refractivity contribution < 1.29 is 14.3 Å². The molecule has 3 aromatic rings. The van der Waals surface area contributed by atoms with Gasteiger partial charge in [-0.05, 0) is 31.0 Å². The molecule has 0 spiro atoms. The van der Waals surface area contributed by atoms with Gasteiger partial charge < -0.3 is 24.6 Å². The van der Waals surface area contributed by atoms with Crippen molar-refractivity contribution in [2.75, 3.05) is 20.0 Å². The number of carbonyl (C=O) groups is 1. The van der Waals surface area contributed by atoms with Gasteiger partial charge in [0.05, 0.1) is 14.2 Å². The first-order chi connectivity index (χ1) is 15.8. The minimum atomic E-state index is -0.136. The van der Waals surface area contributed by atoms with Gasteiger partial charge in [0.25, 0.3) is 0 Å². The Morgan fingerprint density at radius 2 is 1.67 bits per heavy atom. The molecule has 0 aliphatic carbocycles. The zero-order chi connectivity index (χ0) is 24.5. The molecule has 0 bridgehead atoms. The summed E-state index contributed by atoms with van der Waals surface area (Å²) in [6, 6.07) is 11.2. The van der Waals surface area contributed by atoms with Crippen molar-refractivity contribution in [2.24, 2.45) is 0 Å². The van der Waals surface area contributed by atoms with Crippen LogP contribution in [0.25, 0.3) is 11.2 Å². The maximum absolute atomic E-state index is 9.81. The van der Waals surface area contributed by atoms with E-state index >= 15 is 0 Å². The van der Waals surface area contributed by atoms with E-state index in [4.69, 9.17) is 20.5 Å². The highest BCUT2D eigenvalue weighted by Crippen LogP contribution is 2.29. The van der Waals surface area contributed by atoms with Crippen molar-refractivity contribution in [3.8, 4) is 29.7 Å². The Labute approximate surface area is 191 Å². The van der Waals surface area contributed by atoms with Crippen molar-refractivity contribution in [3.63, 3.8) is 0 Å². The minimum Gasteiger partial charge on any atom is -0.493 e. The number of fused-ring (bicyclic) bond motifs is 1. The number of ketones is 1. The maximum Gasteiger partial charge on any atom is 0.179 e. The van der Waals surface area contributed by atoms with E-state index in [-0.39, 0.29) is 34.1 Å². The molecular weight excluding hydrogens is 422 g/mol. The average molecular weight is 445 g/mol. The molecule has 0 amide bonds. The van der Waals surface area contributed by atoms with Crippen LogP contribution < -0.4 is 15.2 Å². The van der Waals surface area contributed by atoms with E-state index in [0.717, 1.165) is 5.56 Å². The molecule has 10 heteroatoms. The quantitative estimate of drug-likeness (QED) is 0.600. The molecule has 0 radical (unpaired) electrons. The zero-order valence-electron chi connectivity index (χ0n) is 18.8. The van der Waals surface area contributed by atoms with Gasteiger partial charge in [0.2, 0.25) is 0 Å². The predicted octanol–water partition coefficient (Wildman–Crippen LogP) is 2.87. The van der Waals surface area contributed by atoms with Crippen LogP contribution in [-0.2, 0) is 17.8 Å². The second-order valence-corrected chi connectivity index (χ2v) is 6.84. The number of hydrogen-bond acceptors (Lipinski definition) is 9. The molecule has 0 saturated carbocycles. The summed E-state index contributed by atoms with van der Waals surface area (Å²) in [5.74, 6) is 1.67. The van der Waals surface area contributed by atoms with Crippen LogP contribution in [-0.4, -0.2) is 34.5 Å². The zero-order valence-corrected chi connectivity index (χ0v) is 18.8. The lowest BCUT2D eigenvalue weighted by atomic mass is 10.1. The van der Waals surface area contributed by atoms with Crippen molar-refractivity contribution in [1.82, 2.24) is 14.5 Å². The molecular formula is C23H23N7O3. The van der Waals surface area contributed by atoms with E-state index in [1.165, 1.54) is 0 Å². The topological polar surface area (TPSA) is 164 Å². The number of rotatable bonds is 6. The number of aryl methyl sites for hydroxylation is 2. The molecule has 2 heterocycles. The summed E-state index contributed by atoms with van der Waals surface area (Å²) in [6.07, 6.45) is 1.22. The summed E-state index contributed by atoms with van der Waals surface area (Å²) in [7, 11) is 3.12. The molecule has 2 N–H and O–H groups in total. The number of Topliss-reactive ketones (excluding diaryl/α,β-unsaturated/α-hetero) is 1. The van der Waals surface area contributed by atoms with Crippen LogP contribution in [0.4, 0.5) is 5.82 Å². The number of methoxy groups -OCH3 is 2. The molecule has 33 heavy (non-hydrogen) atoms. The summed E-state index contributed by atoms with van der Waals surface area (Å²) in [4.78, 5) is 18.1. The number of benzene rings is 1. The van der Waals surface area contributed by atoms with Crippen molar-refractivity contribution >= 4 is 22.8 Å². The Kier molecular flexibility index (Phi) is 8.31. The molecule has 0 unspecified atom stereocenters. The number of anilines is 1. The smallest absolute Gasteiger partial charge is 0.179 e. The number of carbonyl (C=O) groups excluding carboxylic acids is 1. The summed E-state index contributed by atoms with van der Waals surface area (Å²) in [6.45, 7) is 3.83. The van der Waals surface area contributed by atoms with Gasteiger partial charge in [0.1, 0.15) is 40.9 Å². The molecule has 2 aromatic heterocycles. The fraction of sp³-hybridized carbons (Fsp3) is 0.304. The Morgan fingerprint density at radius 3 is 2.18 bits per heavy atom. The number of aromatic nitrogens is 3. The third-order valence-electron chi connectivity index (χ3n) is 4.81. The van der Waals surface area contributed by atoms with Crippen LogP contribution in [0.5, 0.6) is 11.5 Å². The van der Waals surface area contributed by atoms with E-state index in [1.807, 2.05) is 37.3 Å². The van der Waals surface area contributed by atoms with E-state index in [0.29, 0.717) is 36.5 Å². The Bertz CT molecular complexity index is 1310. The maximum atomic E-state index is 9.81. The highest BCUT2D eigenvalue weighted by molar-refractivity contribution is 5.87. The Hall–Kier alpha value is -4.62. The van der Waals surface area contributed by atoms with Crippen molar-refractivity contribution in [1.29, 1.82) is 15.8 Å². The molecule has 168 valence electrons. The number of ether oxygens (including phenoxy) is 2. The Balaban J connectivity index is 0.000000696. The lowest BCUT2D eigenvalue weighted by molar-refractivity contribution is -0.116. The number of nitrogens with zero attached hydrogens (tertiary/aromatic N) is 6. The minimum absolute atomic E-state index is 0.107. The molecule has 0 fully saturated rings. The monoisotopic (exact) mass is 445 g/mol. The number of nitrogens with two attached hydrogens (primary N) is 1. The van der Waals surface area contributed by atoms with Crippen LogP contribution in [0, 0.1) is 34.0 Å². The van der Waals surface area contributed by atoms with Gasteiger partial charge in [0, 0.05) is 13.0 Å². The molecule has 0 saturated heterocycles. The molecule has 0 aliphatic heterocycles. The summed E-state index contributed by atoms with van der Waals surface area (Å²) in [5, 5.41) is 27.8.